The van der Waals surface area contributed by atoms with Crippen molar-refractivity contribution in [1.82, 2.24) is 10.3 Å². The Labute approximate surface area is 88.5 Å². The highest BCUT2D eigenvalue weighted by atomic mass is 32.1. The number of hydrogen-bond acceptors (Lipinski definition) is 4. The van der Waals surface area contributed by atoms with E-state index in [2.05, 4.69) is 17.2 Å². The van der Waals surface area contributed by atoms with Crippen LogP contribution in [0.2, 0.25) is 0 Å². The van der Waals surface area contributed by atoms with Gasteiger partial charge >= 0.3 is 0 Å². The smallest absolute Gasteiger partial charge is 0.109 e. The first kappa shape index (κ1) is 10.1. The Morgan fingerprint density at radius 2 is 2.71 bits per heavy atom. The van der Waals surface area contributed by atoms with Crippen LogP contribution in [0.1, 0.15) is 24.4 Å². The van der Waals surface area contributed by atoms with E-state index in [4.69, 9.17) is 4.74 Å². The molecule has 0 spiro atoms. The van der Waals surface area contributed by atoms with E-state index in [1.807, 2.05) is 11.6 Å². The third-order valence-electron chi connectivity index (χ3n) is 2.56. The molecule has 1 aromatic heterocycles. The number of rotatable bonds is 4. The van der Waals surface area contributed by atoms with E-state index in [1.54, 1.807) is 11.3 Å². The van der Waals surface area contributed by atoms with Crippen molar-refractivity contribution in [3.05, 3.63) is 16.6 Å². The summed E-state index contributed by atoms with van der Waals surface area (Å²) in [5.74, 6) is 0.692. The molecule has 0 saturated carbocycles. The van der Waals surface area contributed by atoms with E-state index >= 15 is 0 Å². The zero-order chi connectivity index (χ0) is 9.80. The van der Waals surface area contributed by atoms with Gasteiger partial charge in [0, 0.05) is 24.7 Å². The molecule has 0 aliphatic carbocycles. The van der Waals surface area contributed by atoms with E-state index < -0.39 is 0 Å². The van der Waals surface area contributed by atoms with Gasteiger partial charge in [0.2, 0.25) is 0 Å². The Morgan fingerprint density at radius 3 is 3.36 bits per heavy atom. The lowest BCUT2D eigenvalue weighted by Crippen LogP contribution is -2.25. The average molecular weight is 212 g/mol. The summed E-state index contributed by atoms with van der Waals surface area (Å²) in [4.78, 5) is 4.29. The molecule has 2 rings (SSSR count). The highest BCUT2D eigenvalue weighted by Crippen LogP contribution is 2.16. The zero-order valence-electron chi connectivity index (χ0n) is 8.40. The van der Waals surface area contributed by atoms with E-state index in [0.29, 0.717) is 12.0 Å². The van der Waals surface area contributed by atoms with Gasteiger partial charge in [-0.3, -0.25) is 0 Å². The molecule has 14 heavy (non-hydrogen) atoms. The van der Waals surface area contributed by atoms with Crippen LogP contribution in [0.25, 0.3) is 0 Å². The molecule has 1 N–H and O–H groups in total. The molecular formula is C10H16N2OS. The highest BCUT2D eigenvalue weighted by molar-refractivity contribution is 7.09. The van der Waals surface area contributed by atoms with E-state index in [9.17, 15) is 0 Å². The second-order valence-corrected chi connectivity index (χ2v) is 4.66. The second kappa shape index (κ2) is 4.87. The number of hydrogen-bond donors (Lipinski definition) is 1. The van der Waals surface area contributed by atoms with Crippen molar-refractivity contribution in [3.63, 3.8) is 0 Å². The molecule has 0 aromatic carbocycles. The lowest BCUT2D eigenvalue weighted by Gasteiger charge is -2.13. The molecule has 1 aromatic rings. The quantitative estimate of drug-likeness (QED) is 0.827. The molecule has 1 saturated heterocycles. The monoisotopic (exact) mass is 212 g/mol. The van der Waals surface area contributed by atoms with Crippen LogP contribution in [0.3, 0.4) is 0 Å². The molecule has 1 aliphatic rings. The summed E-state index contributed by atoms with van der Waals surface area (Å²) >= 11 is 1.71. The van der Waals surface area contributed by atoms with Crippen molar-refractivity contribution in [1.29, 1.82) is 0 Å². The van der Waals surface area contributed by atoms with Gasteiger partial charge in [0.05, 0.1) is 12.6 Å². The molecule has 78 valence electrons. The van der Waals surface area contributed by atoms with Crippen molar-refractivity contribution in [2.45, 2.75) is 19.4 Å². The lowest BCUT2D eigenvalue weighted by atomic mass is 10.1. The van der Waals surface area contributed by atoms with Crippen LogP contribution in [0.4, 0.5) is 0 Å². The maximum atomic E-state index is 5.33. The first-order valence-corrected chi connectivity index (χ1v) is 5.94. The average Bonchev–Trinajstić information content (AvgIpc) is 2.87. The molecule has 0 radical (unpaired) electrons. The van der Waals surface area contributed by atoms with Gasteiger partial charge in [-0.1, -0.05) is 0 Å². The summed E-state index contributed by atoms with van der Waals surface area (Å²) in [6.07, 6.45) is 3.05. The third-order valence-corrected chi connectivity index (χ3v) is 3.52. The summed E-state index contributed by atoms with van der Waals surface area (Å²) in [5.41, 5.74) is 0. The fraction of sp³-hybridized carbons (Fsp3) is 0.700. The number of nitrogens with one attached hydrogen (secondary N) is 1. The van der Waals surface area contributed by atoms with Crippen molar-refractivity contribution < 1.29 is 4.74 Å². The van der Waals surface area contributed by atoms with Crippen LogP contribution in [-0.2, 0) is 4.74 Å². The Kier molecular flexibility index (Phi) is 3.50. The molecule has 0 amide bonds. The van der Waals surface area contributed by atoms with E-state index in [-0.39, 0.29) is 0 Å². The van der Waals surface area contributed by atoms with Crippen LogP contribution in [-0.4, -0.2) is 24.7 Å². The summed E-state index contributed by atoms with van der Waals surface area (Å²) in [6, 6.07) is 0.371. The Morgan fingerprint density at radius 1 is 1.79 bits per heavy atom. The Bertz CT molecular complexity index is 257. The van der Waals surface area contributed by atoms with Crippen LogP contribution in [0.15, 0.2) is 11.6 Å². The van der Waals surface area contributed by atoms with Crippen molar-refractivity contribution >= 4 is 11.3 Å². The van der Waals surface area contributed by atoms with E-state index in [0.717, 1.165) is 19.8 Å². The first-order valence-electron chi connectivity index (χ1n) is 5.07. The predicted molar refractivity (Wildman–Crippen MR) is 57.5 cm³/mol. The first-order chi connectivity index (χ1) is 6.86. The third kappa shape index (κ3) is 2.53. The maximum absolute atomic E-state index is 5.33. The van der Waals surface area contributed by atoms with Gasteiger partial charge in [0.1, 0.15) is 5.01 Å². The largest absolute Gasteiger partial charge is 0.381 e. The molecule has 1 aliphatic heterocycles. The Balaban J connectivity index is 1.74. The van der Waals surface area contributed by atoms with Crippen LogP contribution in [0, 0.1) is 5.92 Å². The highest BCUT2D eigenvalue weighted by Gasteiger charge is 2.16. The summed E-state index contributed by atoms with van der Waals surface area (Å²) in [7, 11) is 0. The summed E-state index contributed by atoms with van der Waals surface area (Å²) in [6.45, 7) is 5.05. The number of thiazole rings is 1. The summed E-state index contributed by atoms with van der Waals surface area (Å²) in [5, 5.41) is 6.69. The van der Waals surface area contributed by atoms with Crippen LogP contribution in [0.5, 0.6) is 0 Å². The van der Waals surface area contributed by atoms with Gasteiger partial charge in [0.25, 0.3) is 0 Å². The van der Waals surface area contributed by atoms with E-state index in [1.165, 1.54) is 11.4 Å². The van der Waals surface area contributed by atoms with Gasteiger partial charge in [-0.2, -0.15) is 0 Å². The molecule has 2 unspecified atom stereocenters. The standard InChI is InChI=1S/C10H16N2OS/c1-8(10-11-3-5-14-10)12-6-9-2-4-13-7-9/h3,5,8-9,12H,2,4,6-7H2,1H3. The normalized spacial score (nSPS) is 23.9. The fourth-order valence-corrected chi connectivity index (χ4v) is 2.29. The molecule has 2 heterocycles. The Hall–Kier alpha value is -0.450. The van der Waals surface area contributed by atoms with Gasteiger partial charge in [-0.05, 0) is 19.3 Å². The SMILES string of the molecule is CC(NCC1CCOC1)c1nccs1. The number of aromatic nitrogens is 1. The fourth-order valence-electron chi connectivity index (χ4n) is 1.62. The van der Waals surface area contributed by atoms with Gasteiger partial charge in [-0.15, -0.1) is 11.3 Å². The molecule has 1 fully saturated rings. The van der Waals surface area contributed by atoms with Crippen LogP contribution >= 0.6 is 11.3 Å². The zero-order valence-corrected chi connectivity index (χ0v) is 9.22. The molecule has 2 atom stereocenters. The minimum absolute atomic E-state index is 0.371. The molecule has 4 heteroatoms. The van der Waals surface area contributed by atoms with Crippen molar-refractivity contribution in [2.24, 2.45) is 5.92 Å². The topological polar surface area (TPSA) is 34.1 Å². The van der Waals surface area contributed by atoms with Gasteiger partial charge in [0.15, 0.2) is 0 Å². The van der Waals surface area contributed by atoms with Gasteiger partial charge < -0.3 is 10.1 Å². The number of nitrogens with zero attached hydrogens (tertiary/aromatic N) is 1. The summed E-state index contributed by atoms with van der Waals surface area (Å²) < 4.78 is 5.33. The minimum atomic E-state index is 0.371. The van der Waals surface area contributed by atoms with Crippen molar-refractivity contribution in [2.75, 3.05) is 19.8 Å². The lowest BCUT2D eigenvalue weighted by molar-refractivity contribution is 0.184. The predicted octanol–water partition coefficient (Wildman–Crippen LogP) is 1.83. The van der Waals surface area contributed by atoms with Gasteiger partial charge in [-0.25, -0.2) is 4.98 Å². The van der Waals surface area contributed by atoms with Crippen molar-refractivity contribution in [3.8, 4) is 0 Å². The minimum Gasteiger partial charge on any atom is -0.381 e. The molecular weight excluding hydrogens is 196 g/mol. The number of ether oxygens (including phenoxy) is 1. The molecule has 0 bridgehead atoms. The van der Waals surface area contributed by atoms with Crippen LogP contribution < -0.4 is 5.32 Å². The maximum Gasteiger partial charge on any atom is 0.109 e. The molecule has 3 nitrogen and oxygen atoms in total. The second-order valence-electron chi connectivity index (χ2n) is 3.73.